The fourth-order valence-electron chi connectivity index (χ4n) is 11.4. The maximum Gasteiger partial charge on any atom is 0.418 e. The number of aromatic nitrogens is 24. The van der Waals surface area contributed by atoms with Crippen LogP contribution in [0, 0.1) is 98.5 Å². The van der Waals surface area contributed by atoms with Gasteiger partial charge in [0.2, 0.25) is 5.95 Å². The first-order valence-electron chi connectivity index (χ1n) is 41.9. The second kappa shape index (κ2) is 58.7. The van der Waals surface area contributed by atoms with Crippen molar-refractivity contribution in [2.45, 2.75) is 162 Å². The van der Waals surface area contributed by atoms with Crippen molar-refractivity contribution in [3.05, 3.63) is 405 Å². The molecule has 0 saturated carbocycles. The Bertz CT molecular complexity index is 7440. The molecule has 0 spiro atoms. The molecule has 788 valence electrons. The average Bonchev–Trinajstić information content (AvgIpc) is 0.781. The molecule has 16 rings (SSSR count). The van der Waals surface area contributed by atoms with Crippen LogP contribution in [-0.4, -0.2) is 120 Å². The summed E-state index contributed by atoms with van der Waals surface area (Å²) in [6.45, 7) is 17.1. The van der Waals surface area contributed by atoms with Gasteiger partial charge in [0.25, 0.3) is 44.5 Å². The van der Waals surface area contributed by atoms with Gasteiger partial charge in [0.05, 0.1) is 76.1 Å². The van der Waals surface area contributed by atoms with Gasteiger partial charge in [-0.1, -0.05) is 187 Å². The zero-order valence-corrected chi connectivity index (χ0v) is 91.9. The average molecular weight is 2400 g/mol. The van der Waals surface area contributed by atoms with Crippen molar-refractivity contribution in [1.82, 2.24) is 120 Å². The van der Waals surface area contributed by atoms with Crippen molar-refractivity contribution in [3.63, 3.8) is 0 Å². The maximum atomic E-state index is 14.2. The van der Waals surface area contributed by atoms with E-state index in [-0.39, 0.29) is 136 Å². The molecule has 0 aliphatic heterocycles. The van der Waals surface area contributed by atoms with Gasteiger partial charge in [-0.2, -0.15) is 26.3 Å². The monoisotopic (exact) mass is 2390 g/mol. The van der Waals surface area contributed by atoms with E-state index in [0.717, 1.165) is 65.6 Å². The number of aromatic amines is 8. The van der Waals surface area contributed by atoms with Gasteiger partial charge in [0, 0.05) is 236 Å². The zero-order valence-electron chi connectivity index (χ0n) is 78.6. The molecule has 0 atom stereocenters. The molecule has 0 aromatic carbocycles. The topological polar surface area (TPSA) is 469 Å². The first-order chi connectivity index (χ1) is 70.8. The SMILES string of the molecule is Cc1cc(=O)[nH]c(SC(F)(F)c2c(Cl)cncc2Cl)n1.Cc1cc(=O)[nH]c(SCc2c(C)cncc2F)n1.Cc1cc(=O)[nH]c(SCc2c(C)cncc2F)n1.Cc1cc(=O)[nH]c(SCc2c(Cl)cnc(F)c2Cl)n1.Cc1cc(=O)[nH]c(SCc2c(Cl)cncc2C(F)(F)F)n1.Cc1cc(=O)[nH]c(SCc2c(F)cncc2Cl)n1.Cc1cc(=O)[nH]c(SCc2c(F)cncc2Cl)n1.Cc1cnc(SCc2c(Cl)cncc2Cl)[nH]c1=O. The van der Waals surface area contributed by atoms with Crippen LogP contribution in [0.15, 0.2) is 221 Å². The van der Waals surface area contributed by atoms with Gasteiger partial charge < -0.3 is 39.9 Å². The highest BCUT2D eigenvalue weighted by molar-refractivity contribution is 8.00. The summed E-state index contributed by atoms with van der Waals surface area (Å²) >= 11 is 61.2. The number of H-pyrrole nitrogens is 8. The molecular weight excluding hydrogens is 2320 g/mol. The third kappa shape index (κ3) is 39.6. The fourth-order valence-corrected chi connectivity index (χ4v) is 21.9. The minimum absolute atomic E-state index is 0.0590. The molecule has 0 amide bonds. The lowest BCUT2D eigenvalue weighted by atomic mass is 10.1. The number of nitrogens with zero attached hydrogens (tertiary/aromatic N) is 16. The van der Waals surface area contributed by atoms with Crippen LogP contribution >= 0.6 is 199 Å². The highest BCUT2D eigenvalue weighted by Gasteiger charge is 2.39. The molecule has 0 bridgehead atoms. The summed E-state index contributed by atoms with van der Waals surface area (Å²) in [4.78, 5) is 172. The molecule has 0 saturated heterocycles. The van der Waals surface area contributed by atoms with E-state index in [9.17, 15) is 82.3 Å². The normalized spacial score (nSPS) is 10.9. The van der Waals surface area contributed by atoms with Crippen LogP contribution in [0.2, 0.25) is 45.2 Å². The summed E-state index contributed by atoms with van der Waals surface area (Å²) in [6.07, 6.45) is 15.9. The molecule has 0 unspecified atom stereocenters. The number of rotatable bonds is 24. The number of thioether (sulfide) groups is 8. The maximum absolute atomic E-state index is 14.2. The highest BCUT2D eigenvalue weighted by Crippen LogP contribution is 2.48. The predicted octanol–water partition coefficient (Wildman–Crippen LogP) is 22.9. The number of pyridine rings is 8. The van der Waals surface area contributed by atoms with E-state index < -0.39 is 45.7 Å². The van der Waals surface area contributed by atoms with Gasteiger partial charge in [-0.05, 0) is 97.7 Å². The molecule has 0 aliphatic carbocycles. The van der Waals surface area contributed by atoms with Crippen molar-refractivity contribution in [1.29, 1.82) is 0 Å². The van der Waals surface area contributed by atoms with Crippen molar-refractivity contribution in [2.75, 3.05) is 0 Å². The van der Waals surface area contributed by atoms with Gasteiger partial charge in [-0.25, -0.2) is 62.4 Å². The Labute approximate surface area is 921 Å². The van der Waals surface area contributed by atoms with E-state index in [1.165, 1.54) is 170 Å². The van der Waals surface area contributed by atoms with Crippen LogP contribution in [-0.2, 0) is 51.7 Å². The fraction of sp³-hybridized carbons (Fsp3) is 0.209. The summed E-state index contributed by atoms with van der Waals surface area (Å²) in [5, 5.41) is 0.482. The van der Waals surface area contributed by atoms with Crippen LogP contribution in [0.4, 0.5) is 43.9 Å². The Morgan fingerprint density at radius 3 is 0.833 bits per heavy atom. The number of hydrogen-bond acceptors (Lipinski definition) is 32. The standard InChI is InChI=1S/C12H9ClF3N3OS.2C12H12FN3OS.C11H7Cl2F2N3OS.C11H8Cl2FN3OS.C11H9Cl2N3OS.2C11H9ClFN3OS/c1-6-2-10(20)19-11(18-6)21-5-7-8(12(14,15)16)3-17-4-9(7)13;2*1-7-4-14-5-10(13)9(7)6-18-12-15-8(2)3-11(17)16-12;1-5-2-8(19)18-10(17-5)20-11(14,15)9-6(12)3-16-4-7(9)13;1-5-2-8(18)17-11(16-5)19-4-6-7(12)3-15-10(14)9(6)13;1-6-2-15-11(16-10(6)17)18-5-7-8(12)3-14-4-9(7)13;2*1-6-2-10(17)16-11(15-6)18-5-7-8(12)3-14-4-9(7)13/h2-4H,5H2,1H3,(H,18,19,20);2*3-5H,6H2,1-2H3,(H,15,16,17);2-4H,1H3,(H,17,18,19);2-3H,4H2,1H3,(H,16,17,18);3*2-4H,5H2,1H3,(H,15,16,17). The Balaban J connectivity index is 0.000000190. The third-order valence-electron chi connectivity index (χ3n) is 18.4. The van der Waals surface area contributed by atoms with Crippen LogP contribution in [0.25, 0.3) is 0 Å². The van der Waals surface area contributed by atoms with E-state index in [4.69, 9.17) is 104 Å². The van der Waals surface area contributed by atoms with Crippen LogP contribution in [0.5, 0.6) is 0 Å². The van der Waals surface area contributed by atoms with E-state index in [1.807, 2.05) is 0 Å². The van der Waals surface area contributed by atoms with Crippen molar-refractivity contribution < 1.29 is 43.9 Å². The molecule has 0 radical (unpaired) electrons. The summed E-state index contributed by atoms with van der Waals surface area (Å²) in [5.74, 6) is -0.284. The smallest absolute Gasteiger partial charge is 0.301 e. The first-order valence-corrected chi connectivity index (χ1v) is 53.0. The Morgan fingerprint density at radius 2 is 0.513 bits per heavy atom. The number of halogens is 19. The summed E-state index contributed by atoms with van der Waals surface area (Å²) in [7, 11) is 0. The number of aryl methyl sites for hydroxylation is 10. The van der Waals surface area contributed by atoms with E-state index in [0.29, 0.717) is 131 Å². The Kier molecular flexibility index (Phi) is 47.9. The molecule has 16 aromatic rings. The first kappa shape index (κ1) is 122. The predicted molar refractivity (Wildman–Crippen MR) is 567 cm³/mol. The second-order valence-electron chi connectivity index (χ2n) is 30.1. The highest BCUT2D eigenvalue weighted by atomic mass is 35.5. The van der Waals surface area contributed by atoms with Gasteiger partial charge >= 0.3 is 11.4 Å². The van der Waals surface area contributed by atoms with Gasteiger partial charge in [0.15, 0.2) is 41.3 Å². The molecule has 150 heavy (non-hydrogen) atoms. The van der Waals surface area contributed by atoms with Crippen LogP contribution < -0.4 is 44.5 Å². The molecule has 0 fully saturated rings. The van der Waals surface area contributed by atoms with Crippen LogP contribution in [0.3, 0.4) is 0 Å². The van der Waals surface area contributed by atoms with Crippen LogP contribution in [0.1, 0.15) is 107 Å². The van der Waals surface area contributed by atoms with Crippen molar-refractivity contribution in [2.24, 2.45) is 0 Å². The molecule has 16 heterocycles. The summed E-state index contributed by atoms with van der Waals surface area (Å²) < 4.78 is 134. The minimum atomic E-state index is -4.54. The quantitative estimate of drug-likeness (QED) is 0.0121. The molecule has 32 nitrogen and oxygen atoms in total. The lowest BCUT2D eigenvalue weighted by Crippen LogP contribution is -2.14. The van der Waals surface area contributed by atoms with E-state index >= 15 is 0 Å². The van der Waals surface area contributed by atoms with Gasteiger partial charge in [-0.15, -0.1) is 0 Å². The molecule has 0 aliphatic rings. The Morgan fingerprint density at radius 1 is 0.260 bits per heavy atom. The zero-order chi connectivity index (χ0) is 110. The number of hydrogen-bond donors (Lipinski definition) is 8. The van der Waals surface area contributed by atoms with Crippen molar-refractivity contribution >= 4 is 199 Å². The summed E-state index contributed by atoms with van der Waals surface area (Å²) in [6, 6.07) is 9.51. The second-order valence-corrected chi connectivity index (χ2v) is 41.6. The lowest BCUT2D eigenvalue weighted by Gasteiger charge is -2.17. The largest absolute Gasteiger partial charge is 0.418 e. The molecular formula is C91H75Cl9F10N24O8S8. The number of nitrogens with one attached hydrogen (secondary N) is 8. The molecule has 8 N–H and O–H groups in total. The van der Waals surface area contributed by atoms with E-state index in [2.05, 4.69) is 120 Å². The molecule has 59 heteroatoms. The third-order valence-corrected chi connectivity index (χ3v) is 28.4. The minimum Gasteiger partial charge on any atom is -0.301 e. The summed E-state index contributed by atoms with van der Waals surface area (Å²) in [5.41, 5.74) is 5.51. The van der Waals surface area contributed by atoms with Gasteiger partial charge in [-0.3, -0.25) is 73.2 Å². The molecule has 16 aromatic heterocycles. The van der Waals surface area contributed by atoms with Gasteiger partial charge in [0.1, 0.15) is 28.3 Å². The Hall–Kier alpha value is -11.1. The lowest BCUT2D eigenvalue weighted by molar-refractivity contribution is -0.138. The van der Waals surface area contributed by atoms with Crippen molar-refractivity contribution in [3.8, 4) is 0 Å². The number of alkyl halides is 5. The van der Waals surface area contributed by atoms with E-state index in [1.54, 1.807) is 74.7 Å².